The first-order chi connectivity index (χ1) is 12.5. The van der Waals surface area contributed by atoms with Crippen LogP contribution in [0.5, 0.6) is 0 Å². The summed E-state index contributed by atoms with van der Waals surface area (Å²) < 4.78 is 12.0. The summed E-state index contributed by atoms with van der Waals surface area (Å²) in [7, 11) is -2.04. The molecule has 3 atom stereocenters. The summed E-state index contributed by atoms with van der Waals surface area (Å²) in [5.74, 6) is -0.215. The summed E-state index contributed by atoms with van der Waals surface area (Å²) in [5.41, 5.74) is 1.81. The molecule has 2 aliphatic rings. The Hall–Kier alpha value is -1.14. The molecule has 154 valence electrons. The van der Waals surface area contributed by atoms with Gasteiger partial charge in [-0.25, -0.2) is 0 Å². The predicted molar refractivity (Wildman–Crippen MR) is 110 cm³/mol. The van der Waals surface area contributed by atoms with Crippen molar-refractivity contribution >= 4 is 20.1 Å². The van der Waals surface area contributed by atoms with E-state index in [4.69, 9.17) is 9.16 Å². The van der Waals surface area contributed by atoms with Gasteiger partial charge in [0, 0.05) is 30.2 Å². The fourth-order valence-corrected chi connectivity index (χ4v) is 5.26. The van der Waals surface area contributed by atoms with Crippen LogP contribution in [0.3, 0.4) is 0 Å². The lowest BCUT2D eigenvalue weighted by atomic mass is 9.73. The molecule has 0 aromatic heterocycles. The summed E-state index contributed by atoms with van der Waals surface area (Å²) in [5, 5.41) is 3.45. The number of nitrogens with one attached hydrogen (secondary N) is 1. The molecule has 1 saturated carbocycles. The van der Waals surface area contributed by atoms with E-state index in [2.05, 4.69) is 46.1 Å². The van der Waals surface area contributed by atoms with Gasteiger partial charge in [-0.15, -0.1) is 0 Å². The smallest absolute Gasteiger partial charge is 0.306 e. The number of hydrogen-bond acceptors (Lipinski definition) is 5. The van der Waals surface area contributed by atoms with Crippen molar-refractivity contribution in [1.82, 2.24) is 5.32 Å². The summed E-state index contributed by atoms with van der Waals surface area (Å²) in [6.07, 6.45) is 2.48. The molecule has 5 nitrogen and oxygen atoms in total. The first-order valence-electron chi connectivity index (χ1n) is 10.3. The van der Waals surface area contributed by atoms with Crippen molar-refractivity contribution in [2.45, 2.75) is 84.5 Å². The first-order valence-corrected chi connectivity index (χ1v) is 13.2. The Kier molecular flexibility index (Phi) is 6.95. The zero-order valence-corrected chi connectivity index (χ0v) is 19.1. The van der Waals surface area contributed by atoms with E-state index in [-0.39, 0.29) is 41.2 Å². The largest absolute Gasteiger partial charge is 0.466 e. The van der Waals surface area contributed by atoms with Gasteiger partial charge in [0.1, 0.15) is 0 Å². The van der Waals surface area contributed by atoms with Crippen LogP contribution in [0, 0.1) is 11.8 Å². The lowest BCUT2D eigenvalue weighted by Crippen LogP contribution is -2.51. The molecule has 2 rings (SSSR count). The van der Waals surface area contributed by atoms with Crippen LogP contribution in [0.4, 0.5) is 0 Å². The van der Waals surface area contributed by atoms with E-state index in [0.29, 0.717) is 13.0 Å². The Balaban J connectivity index is 2.42. The van der Waals surface area contributed by atoms with Crippen molar-refractivity contribution in [3.63, 3.8) is 0 Å². The number of carbonyl (C=O) groups is 2. The number of Topliss-reactive ketones (excluding diaryl/α,β-unsaturated/α-hetero) is 1. The summed E-state index contributed by atoms with van der Waals surface area (Å²) in [4.78, 5) is 25.3. The van der Waals surface area contributed by atoms with Gasteiger partial charge in [-0.1, -0.05) is 27.7 Å². The second kappa shape index (κ2) is 8.48. The Bertz CT molecular complexity index is 598. The zero-order chi connectivity index (χ0) is 20.4. The van der Waals surface area contributed by atoms with E-state index in [9.17, 15) is 9.59 Å². The van der Waals surface area contributed by atoms with Crippen molar-refractivity contribution in [2.24, 2.45) is 11.8 Å². The SMILES string of the molecule is CCOC(=O)C[C@@H]1/C(=C2/CCCN2)C(=O)C[C@H](C)[C@H]1O[Si](C)(C)C(C)(C)C. The van der Waals surface area contributed by atoms with Crippen molar-refractivity contribution in [1.29, 1.82) is 0 Å². The average Bonchev–Trinajstić information content (AvgIpc) is 3.04. The van der Waals surface area contributed by atoms with Gasteiger partial charge in [0.2, 0.25) is 0 Å². The van der Waals surface area contributed by atoms with E-state index in [1.165, 1.54) is 0 Å². The Morgan fingerprint density at radius 1 is 1.30 bits per heavy atom. The molecule has 1 aliphatic heterocycles. The maximum atomic E-state index is 13.0. The number of allylic oxidation sites excluding steroid dienone is 1. The Morgan fingerprint density at radius 2 is 1.96 bits per heavy atom. The topological polar surface area (TPSA) is 64.6 Å². The summed E-state index contributed by atoms with van der Waals surface area (Å²) in [6, 6.07) is 0. The third-order valence-corrected chi connectivity index (χ3v) is 10.8. The third-order valence-electron chi connectivity index (χ3n) is 6.33. The van der Waals surface area contributed by atoms with Crippen molar-refractivity contribution in [3.8, 4) is 0 Å². The van der Waals surface area contributed by atoms with E-state index in [1.54, 1.807) is 0 Å². The maximum absolute atomic E-state index is 13.0. The highest BCUT2D eigenvalue weighted by Gasteiger charge is 2.47. The molecule has 1 aliphatic carbocycles. The highest BCUT2D eigenvalue weighted by molar-refractivity contribution is 6.74. The maximum Gasteiger partial charge on any atom is 0.306 e. The highest BCUT2D eigenvalue weighted by atomic mass is 28.4. The molecule has 0 radical (unpaired) electrons. The highest BCUT2D eigenvalue weighted by Crippen LogP contribution is 2.44. The molecular weight excluding hydrogens is 358 g/mol. The molecule has 0 aromatic rings. The molecular formula is C21H37NO4Si. The van der Waals surface area contributed by atoms with Crippen LogP contribution >= 0.6 is 0 Å². The monoisotopic (exact) mass is 395 g/mol. The van der Waals surface area contributed by atoms with Crippen molar-refractivity contribution in [3.05, 3.63) is 11.3 Å². The lowest BCUT2D eigenvalue weighted by molar-refractivity contribution is -0.145. The standard InChI is InChI=1S/C21H37NO4Si/c1-8-25-18(24)13-15-19(16-10-9-11-22-16)17(23)12-14(2)20(15)26-27(6,7)21(3,4)5/h14-15,20,22H,8-13H2,1-7H3/b19-16+/t14-,15+,20+/m0/s1. The molecule has 1 heterocycles. The minimum Gasteiger partial charge on any atom is -0.466 e. The zero-order valence-electron chi connectivity index (χ0n) is 18.1. The molecule has 0 unspecified atom stereocenters. The van der Waals surface area contributed by atoms with Gasteiger partial charge in [0.25, 0.3) is 0 Å². The van der Waals surface area contributed by atoms with E-state index in [0.717, 1.165) is 30.7 Å². The van der Waals surface area contributed by atoms with Gasteiger partial charge < -0.3 is 14.5 Å². The first kappa shape index (κ1) is 22.1. The number of ether oxygens (including phenoxy) is 1. The van der Waals surface area contributed by atoms with Gasteiger partial charge in [-0.05, 0) is 43.8 Å². The van der Waals surface area contributed by atoms with Gasteiger partial charge in [-0.3, -0.25) is 9.59 Å². The van der Waals surface area contributed by atoms with Crippen LogP contribution in [0.2, 0.25) is 18.1 Å². The molecule has 1 saturated heterocycles. The van der Waals surface area contributed by atoms with Crippen LogP contribution in [-0.4, -0.2) is 39.3 Å². The van der Waals surface area contributed by atoms with Crippen LogP contribution in [0.25, 0.3) is 0 Å². The van der Waals surface area contributed by atoms with Crippen molar-refractivity contribution in [2.75, 3.05) is 13.2 Å². The lowest BCUT2D eigenvalue weighted by Gasteiger charge is -2.45. The number of hydrogen-bond donors (Lipinski definition) is 1. The second-order valence-corrected chi connectivity index (χ2v) is 14.2. The third kappa shape index (κ3) is 5.02. The minimum atomic E-state index is -2.04. The minimum absolute atomic E-state index is 0.0710. The molecule has 0 aromatic carbocycles. The van der Waals surface area contributed by atoms with Gasteiger partial charge >= 0.3 is 5.97 Å². The van der Waals surface area contributed by atoms with Crippen LogP contribution in [0.1, 0.15) is 60.3 Å². The number of ketones is 1. The Labute approximate surface area is 165 Å². The van der Waals surface area contributed by atoms with Gasteiger partial charge in [-0.2, -0.15) is 0 Å². The molecule has 1 N–H and O–H groups in total. The van der Waals surface area contributed by atoms with Crippen LogP contribution in [0.15, 0.2) is 11.3 Å². The van der Waals surface area contributed by atoms with E-state index in [1.807, 2.05) is 6.92 Å². The number of rotatable bonds is 5. The van der Waals surface area contributed by atoms with Gasteiger partial charge in [0.15, 0.2) is 14.1 Å². The second-order valence-electron chi connectivity index (χ2n) is 9.49. The van der Waals surface area contributed by atoms with Crippen LogP contribution in [-0.2, 0) is 18.8 Å². The fourth-order valence-electron chi connectivity index (χ4n) is 3.83. The van der Waals surface area contributed by atoms with E-state index < -0.39 is 8.32 Å². The summed E-state index contributed by atoms with van der Waals surface area (Å²) >= 11 is 0. The molecule has 27 heavy (non-hydrogen) atoms. The average molecular weight is 396 g/mol. The Morgan fingerprint density at radius 3 is 2.48 bits per heavy atom. The summed E-state index contributed by atoms with van der Waals surface area (Å²) in [6.45, 7) is 16.3. The molecule has 6 heteroatoms. The molecule has 0 amide bonds. The van der Waals surface area contributed by atoms with E-state index >= 15 is 0 Å². The predicted octanol–water partition coefficient (Wildman–Crippen LogP) is 4.19. The van der Waals surface area contributed by atoms with Crippen LogP contribution < -0.4 is 5.32 Å². The fraction of sp³-hybridized carbons (Fsp3) is 0.810. The molecule has 0 spiro atoms. The number of esters is 1. The normalized spacial score (nSPS) is 29.6. The number of carbonyl (C=O) groups excluding carboxylic acids is 2. The molecule has 0 bridgehead atoms. The van der Waals surface area contributed by atoms with Gasteiger partial charge in [0.05, 0.1) is 19.1 Å². The van der Waals surface area contributed by atoms with Crippen molar-refractivity contribution < 1.29 is 18.8 Å². The molecule has 2 fully saturated rings. The quantitative estimate of drug-likeness (QED) is 0.429.